The van der Waals surface area contributed by atoms with Crippen molar-refractivity contribution in [2.75, 3.05) is 5.73 Å². The van der Waals surface area contributed by atoms with Crippen molar-refractivity contribution in [1.82, 2.24) is 10.1 Å². The molecule has 112 valence electrons. The number of rotatable bonds is 3. The Morgan fingerprint density at radius 2 is 2.00 bits per heavy atom. The molecule has 1 aromatic heterocycles. The number of hydrogen-bond donors (Lipinski definition) is 1. The molecule has 4 nitrogen and oxygen atoms in total. The number of nitrogen functional groups attached to an aromatic ring is 1. The summed E-state index contributed by atoms with van der Waals surface area (Å²) in [4.78, 5) is 4.55. The van der Waals surface area contributed by atoms with Crippen molar-refractivity contribution in [2.24, 2.45) is 5.92 Å². The number of hydrogen-bond acceptors (Lipinski definition) is 4. The molecule has 1 aliphatic carbocycles. The molecule has 2 N–H and O–H groups in total. The highest BCUT2D eigenvalue weighted by atomic mass is 35.5. The molecule has 21 heavy (non-hydrogen) atoms. The van der Waals surface area contributed by atoms with E-state index in [1.54, 1.807) is 18.2 Å². The minimum atomic E-state index is 0.418. The molecule has 0 radical (unpaired) electrons. The van der Waals surface area contributed by atoms with Crippen LogP contribution in [0.15, 0.2) is 22.7 Å². The van der Waals surface area contributed by atoms with Gasteiger partial charge in [0.1, 0.15) is 0 Å². The van der Waals surface area contributed by atoms with Gasteiger partial charge in [-0.1, -0.05) is 30.1 Å². The number of nitrogens with zero attached hydrogens (tertiary/aromatic N) is 2. The van der Waals surface area contributed by atoms with Crippen LogP contribution < -0.4 is 5.73 Å². The lowest BCUT2D eigenvalue weighted by Gasteiger charge is -2.25. The van der Waals surface area contributed by atoms with Crippen LogP contribution >= 0.6 is 11.6 Å². The monoisotopic (exact) mass is 305 g/mol. The summed E-state index contributed by atoms with van der Waals surface area (Å²) in [5.41, 5.74) is 7.18. The number of benzene rings is 1. The minimum absolute atomic E-state index is 0.418. The smallest absolute Gasteiger partial charge is 0.258 e. The second-order valence-electron chi connectivity index (χ2n) is 5.86. The fraction of sp³-hybridized carbons (Fsp3) is 0.500. The van der Waals surface area contributed by atoms with Crippen molar-refractivity contribution >= 4 is 17.3 Å². The molecule has 3 rings (SSSR count). The predicted octanol–water partition coefficient (Wildman–Crippen LogP) is 4.66. The Labute approximate surface area is 129 Å². The second kappa shape index (κ2) is 6.06. The highest BCUT2D eigenvalue weighted by Crippen LogP contribution is 2.36. The fourth-order valence-corrected chi connectivity index (χ4v) is 3.33. The first-order valence-electron chi connectivity index (χ1n) is 7.55. The van der Waals surface area contributed by atoms with Gasteiger partial charge in [-0.05, 0) is 49.8 Å². The van der Waals surface area contributed by atoms with E-state index in [-0.39, 0.29) is 0 Å². The lowest BCUT2D eigenvalue weighted by molar-refractivity contribution is 0.305. The van der Waals surface area contributed by atoms with Crippen LogP contribution in [0.1, 0.15) is 50.8 Å². The van der Waals surface area contributed by atoms with Crippen molar-refractivity contribution < 1.29 is 4.52 Å². The van der Waals surface area contributed by atoms with E-state index in [1.807, 2.05) is 0 Å². The van der Waals surface area contributed by atoms with Gasteiger partial charge in [-0.15, -0.1) is 0 Å². The Kier molecular flexibility index (Phi) is 4.15. The van der Waals surface area contributed by atoms with Crippen LogP contribution in [0, 0.1) is 5.92 Å². The van der Waals surface area contributed by atoms with Gasteiger partial charge >= 0.3 is 0 Å². The molecule has 1 aromatic carbocycles. The van der Waals surface area contributed by atoms with E-state index in [2.05, 4.69) is 17.1 Å². The summed E-state index contributed by atoms with van der Waals surface area (Å²) in [5, 5.41) is 4.73. The van der Waals surface area contributed by atoms with Gasteiger partial charge in [0.25, 0.3) is 5.89 Å². The van der Waals surface area contributed by atoms with Crippen LogP contribution in [0.25, 0.3) is 11.5 Å². The average Bonchev–Trinajstić information content (AvgIpc) is 2.96. The van der Waals surface area contributed by atoms with E-state index >= 15 is 0 Å². The van der Waals surface area contributed by atoms with Crippen molar-refractivity contribution in [3.05, 3.63) is 29.0 Å². The molecule has 0 spiro atoms. The molecule has 2 aromatic rings. The van der Waals surface area contributed by atoms with Gasteiger partial charge in [-0.3, -0.25) is 0 Å². The lowest BCUT2D eigenvalue weighted by Crippen LogP contribution is -2.13. The Morgan fingerprint density at radius 1 is 1.24 bits per heavy atom. The van der Waals surface area contributed by atoms with Crippen LogP contribution in [0.5, 0.6) is 0 Å². The Morgan fingerprint density at radius 3 is 2.67 bits per heavy atom. The van der Waals surface area contributed by atoms with Gasteiger partial charge in [0, 0.05) is 22.2 Å². The third kappa shape index (κ3) is 3.21. The first-order valence-corrected chi connectivity index (χ1v) is 7.93. The first-order chi connectivity index (χ1) is 10.2. The number of halogens is 1. The summed E-state index contributed by atoms with van der Waals surface area (Å²) < 4.78 is 5.39. The van der Waals surface area contributed by atoms with Gasteiger partial charge in [-0.25, -0.2) is 0 Å². The summed E-state index contributed by atoms with van der Waals surface area (Å²) in [6.45, 7) is 2.26. The maximum atomic E-state index is 6.02. The molecule has 0 unspecified atom stereocenters. The molecule has 0 aliphatic heterocycles. The van der Waals surface area contributed by atoms with E-state index in [0.717, 1.165) is 30.1 Å². The molecular weight excluding hydrogens is 286 g/mol. The maximum absolute atomic E-state index is 6.02. The van der Waals surface area contributed by atoms with Gasteiger partial charge < -0.3 is 10.3 Å². The molecule has 5 heteroatoms. The second-order valence-corrected chi connectivity index (χ2v) is 6.29. The Balaban J connectivity index is 1.77. The van der Waals surface area contributed by atoms with Crippen molar-refractivity contribution in [3.8, 4) is 11.5 Å². The molecule has 0 amide bonds. The van der Waals surface area contributed by atoms with E-state index < -0.39 is 0 Å². The Hall–Kier alpha value is -1.55. The molecule has 1 fully saturated rings. The summed E-state index contributed by atoms with van der Waals surface area (Å²) in [6.07, 6.45) is 6.08. The number of aromatic nitrogens is 2. The highest BCUT2D eigenvalue weighted by Gasteiger charge is 2.25. The topological polar surface area (TPSA) is 64.9 Å². The highest BCUT2D eigenvalue weighted by molar-refractivity contribution is 6.31. The zero-order chi connectivity index (χ0) is 14.8. The zero-order valence-electron chi connectivity index (χ0n) is 12.2. The van der Waals surface area contributed by atoms with Gasteiger partial charge in [0.15, 0.2) is 5.82 Å². The van der Waals surface area contributed by atoms with Crippen LogP contribution in [0.2, 0.25) is 5.02 Å². The van der Waals surface area contributed by atoms with E-state index in [0.29, 0.717) is 22.5 Å². The van der Waals surface area contributed by atoms with Gasteiger partial charge in [-0.2, -0.15) is 4.98 Å². The number of nitrogens with two attached hydrogens (primary N) is 1. The molecule has 1 saturated carbocycles. The third-order valence-electron chi connectivity index (χ3n) is 4.40. The Bertz CT molecular complexity index is 597. The summed E-state index contributed by atoms with van der Waals surface area (Å²) in [7, 11) is 0. The SMILES string of the molecule is CCC1CCC(c2noc(-c3cc(N)cc(Cl)c3)n2)CC1. The quantitative estimate of drug-likeness (QED) is 0.838. The molecular formula is C16H20ClN3O. The predicted molar refractivity (Wildman–Crippen MR) is 84.1 cm³/mol. The molecule has 0 saturated heterocycles. The summed E-state index contributed by atoms with van der Waals surface area (Å²) in [6, 6.07) is 5.30. The van der Waals surface area contributed by atoms with E-state index in [4.69, 9.17) is 21.9 Å². The van der Waals surface area contributed by atoms with Crippen LogP contribution in [0.4, 0.5) is 5.69 Å². The minimum Gasteiger partial charge on any atom is -0.399 e. The molecule has 1 heterocycles. The van der Waals surface area contributed by atoms with E-state index in [1.165, 1.54) is 19.3 Å². The molecule has 1 aliphatic rings. The fourth-order valence-electron chi connectivity index (χ4n) is 3.08. The summed E-state index contributed by atoms with van der Waals surface area (Å²) in [5.74, 6) is 2.59. The lowest BCUT2D eigenvalue weighted by atomic mass is 9.80. The van der Waals surface area contributed by atoms with E-state index in [9.17, 15) is 0 Å². The number of anilines is 1. The molecule has 0 bridgehead atoms. The van der Waals surface area contributed by atoms with Crippen LogP contribution in [-0.4, -0.2) is 10.1 Å². The maximum Gasteiger partial charge on any atom is 0.258 e. The van der Waals surface area contributed by atoms with Crippen molar-refractivity contribution in [2.45, 2.75) is 44.9 Å². The van der Waals surface area contributed by atoms with Crippen molar-refractivity contribution in [3.63, 3.8) is 0 Å². The van der Waals surface area contributed by atoms with Crippen LogP contribution in [-0.2, 0) is 0 Å². The van der Waals surface area contributed by atoms with Crippen LogP contribution in [0.3, 0.4) is 0 Å². The largest absolute Gasteiger partial charge is 0.399 e. The molecule has 0 atom stereocenters. The average molecular weight is 306 g/mol. The van der Waals surface area contributed by atoms with Crippen molar-refractivity contribution in [1.29, 1.82) is 0 Å². The first kappa shape index (κ1) is 14.4. The third-order valence-corrected chi connectivity index (χ3v) is 4.62. The zero-order valence-corrected chi connectivity index (χ0v) is 12.9. The van der Waals surface area contributed by atoms with Gasteiger partial charge in [0.2, 0.25) is 0 Å². The normalized spacial score (nSPS) is 22.4. The van der Waals surface area contributed by atoms with Gasteiger partial charge in [0.05, 0.1) is 0 Å². The standard InChI is InChI=1S/C16H20ClN3O/c1-2-10-3-5-11(6-4-10)15-19-16(21-20-15)12-7-13(17)9-14(18)8-12/h7-11H,2-6,18H2,1H3. The summed E-state index contributed by atoms with van der Waals surface area (Å²) >= 11 is 6.02.